The largest absolute Gasteiger partial charge is 0.341 e. The number of nitrogens with two attached hydrogens (primary N) is 1. The highest BCUT2D eigenvalue weighted by Crippen LogP contribution is 2.29. The van der Waals surface area contributed by atoms with Gasteiger partial charge in [-0.1, -0.05) is 15.9 Å². The van der Waals surface area contributed by atoms with E-state index in [0.717, 1.165) is 4.47 Å². The Hall–Kier alpha value is -0.800. The predicted octanol–water partition coefficient (Wildman–Crippen LogP) is 4.00. The average Bonchev–Trinajstić information content (AvgIpc) is 2.55. The SMILES string of the molecule is CC(N)c1cc2cc(Br)ccc2n1C(C)C. The summed E-state index contributed by atoms with van der Waals surface area (Å²) in [5, 5.41) is 1.25. The first-order valence-corrected chi connectivity index (χ1v) is 6.36. The molecule has 1 heterocycles. The summed E-state index contributed by atoms with van der Waals surface area (Å²) in [5.41, 5.74) is 8.47. The van der Waals surface area contributed by atoms with E-state index in [1.807, 2.05) is 6.92 Å². The molecule has 0 aliphatic rings. The molecule has 86 valence electrons. The lowest BCUT2D eigenvalue weighted by Gasteiger charge is -2.16. The van der Waals surface area contributed by atoms with Gasteiger partial charge < -0.3 is 10.3 Å². The Morgan fingerprint density at radius 3 is 2.44 bits per heavy atom. The molecule has 0 spiro atoms. The van der Waals surface area contributed by atoms with Crippen molar-refractivity contribution < 1.29 is 0 Å². The molecule has 1 aromatic carbocycles. The summed E-state index contributed by atoms with van der Waals surface area (Å²) < 4.78 is 3.42. The van der Waals surface area contributed by atoms with Crippen LogP contribution in [0.3, 0.4) is 0 Å². The number of halogens is 1. The summed E-state index contributed by atoms with van der Waals surface area (Å²) >= 11 is 3.50. The van der Waals surface area contributed by atoms with Gasteiger partial charge in [0.05, 0.1) is 0 Å². The van der Waals surface area contributed by atoms with Crippen molar-refractivity contribution in [3.8, 4) is 0 Å². The molecule has 2 N–H and O–H groups in total. The van der Waals surface area contributed by atoms with Gasteiger partial charge in [0.15, 0.2) is 0 Å². The Morgan fingerprint density at radius 1 is 1.19 bits per heavy atom. The molecule has 0 saturated heterocycles. The van der Waals surface area contributed by atoms with Crippen LogP contribution in [0.25, 0.3) is 10.9 Å². The standard InChI is InChI=1S/C13H17BrN2/c1-8(2)16-12-5-4-11(14)6-10(12)7-13(16)9(3)15/h4-9H,15H2,1-3H3. The fraction of sp³-hybridized carbons (Fsp3) is 0.385. The number of hydrogen-bond acceptors (Lipinski definition) is 1. The van der Waals surface area contributed by atoms with Crippen LogP contribution in [0.2, 0.25) is 0 Å². The molecule has 3 heteroatoms. The number of hydrogen-bond donors (Lipinski definition) is 1. The zero-order valence-corrected chi connectivity index (χ0v) is 11.5. The van der Waals surface area contributed by atoms with Gasteiger partial charge in [0.1, 0.15) is 0 Å². The molecule has 2 rings (SSSR count). The monoisotopic (exact) mass is 280 g/mol. The van der Waals surface area contributed by atoms with Crippen LogP contribution in [0.15, 0.2) is 28.7 Å². The van der Waals surface area contributed by atoms with Crippen molar-refractivity contribution in [1.29, 1.82) is 0 Å². The molecule has 0 fully saturated rings. The first kappa shape index (κ1) is 11.7. The van der Waals surface area contributed by atoms with Gasteiger partial charge in [-0.25, -0.2) is 0 Å². The van der Waals surface area contributed by atoms with Gasteiger partial charge in [-0.2, -0.15) is 0 Å². The Kier molecular flexibility index (Phi) is 3.08. The molecule has 1 unspecified atom stereocenters. The van der Waals surface area contributed by atoms with E-state index in [1.54, 1.807) is 0 Å². The quantitative estimate of drug-likeness (QED) is 0.886. The highest BCUT2D eigenvalue weighted by atomic mass is 79.9. The van der Waals surface area contributed by atoms with E-state index in [4.69, 9.17) is 5.73 Å². The third-order valence-electron chi connectivity index (χ3n) is 2.81. The summed E-state index contributed by atoms with van der Waals surface area (Å²) in [7, 11) is 0. The van der Waals surface area contributed by atoms with E-state index in [1.165, 1.54) is 16.6 Å². The average molecular weight is 281 g/mol. The predicted molar refractivity (Wildman–Crippen MR) is 72.6 cm³/mol. The second-order valence-corrected chi connectivity index (χ2v) is 5.44. The van der Waals surface area contributed by atoms with Crippen molar-refractivity contribution in [3.63, 3.8) is 0 Å². The van der Waals surface area contributed by atoms with Gasteiger partial charge >= 0.3 is 0 Å². The Morgan fingerprint density at radius 2 is 1.88 bits per heavy atom. The maximum atomic E-state index is 6.02. The Labute approximate surface area is 105 Å². The van der Waals surface area contributed by atoms with E-state index < -0.39 is 0 Å². The van der Waals surface area contributed by atoms with E-state index in [9.17, 15) is 0 Å². The number of fused-ring (bicyclic) bond motifs is 1. The maximum Gasteiger partial charge on any atom is 0.0486 e. The minimum absolute atomic E-state index is 0.0635. The van der Waals surface area contributed by atoms with Crippen molar-refractivity contribution in [2.75, 3.05) is 0 Å². The van der Waals surface area contributed by atoms with Crippen LogP contribution < -0.4 is 5.73 Å². The molecule has 16 heavy (non-hydrogen) atoms. The zero-order valence-electron chi connectivity index (χ0n) is 9.87. The number of benzene rings is 1. The second-order valence-electron chi connectivity index (χ2n) is 4.52. The van der Waals surface area contributed by atoms with Crippen LogP contribution >= 0.6 is 15.9 Å². The highest BCUT2D eigenvalue weighted by Gasteiger charge is 2.13. The Balaban J connectivity index is 2.75. The van der Waals surface area contributed by atoms with Crippen LogP contribution in [0, 0.1) is 0 Å². The van der Waals surface area contributed by atoms with Gasteiger partial charge in [-0.3, -0.25) is 0 Å². The molecule has 0 amide bonds. The molecule has 0 radical (unpaired) electrons. The van der Waals surface area contributed by atoms with Crippen LogP contribution in [0.1, 0.15) is 38.5 Å². The third kappa shape index (κ3) is 1.89. The van der Waals surface area contributed by atoms with E-state index in [0.29, 0.717) is 6.04 Å². The number of aromatic nitrogens is 1. The van der Waals surface area contributed by atoms with E-state index >= 15 is 0 Å². The molecule has 2 nitrogen and oxygen atoms in total. The summed E-state index contributed by atoms with van der Waals surface area (Å²) in [6.07, 6.45) is 0. The molecule has 2 aromatic rings. The highest BCUT2D eigenvalue weighted by molar-refractivity contribution is 9.10. The summed E-state index contributed by atoms with van der Waals surface area (Å²) in [5.74, 6) is 0. The number of nitrogens with zero attached hydrogens (tertiary/aromatic N) is 1. The molecular weight excluding hydrogens is 264 g/mol. The lowest BCUT2D eigenvalue weighted by Crippen LogP contribution is -2.13. The van der Waals surface area contributed by atoms with Gasteiger partial charge in [0.25, 0.3) is 0 Å². The summed E-state index contributed by atoms with van der Waals surface area (Å²) in [6.45, 7) is 6.41. The van der Waals surface area contributed by atoms with Gasteiger partial charge in [-0.15, -0.1) is 0 Å². The lowest BCUT2D eigenvalue weighted by atomic mass is 10.2. The van der Waals surface area contributed by atoms with Gasteiger partial charge in [0, 0.05) is 33.2 Å². The summed E-state index contributed by atoms with van der Waals surface area (Å²) in [6, 6.07) is 9.04. The third-order valence-corrected chi connectivity index (χ3v) is 3.31. The second kappa shape index (κ2) is 4.22. The van der Waals surface area contributed by atoms with E-state index in [-0.39, 0.29) is 6.04 Å². The first-order chi connectivity index (χ1) is 7.50. The molecule has 1 aromatic heterocycles. The van der Waals surface area contributed by atoms with Crippen LogP contribution in [-0.2, 0) is 0 Å². The van der Waals surface area contributed by atoms with Crippen molar-refractivity contribution in [2.24, 2.45) is 5.73 Å². The normalized spacial score (nSPS) is 13.6. The fourth-order valence-electron chi connectivity index (χ4n) is 2.16. The first-order valence-electron chi connectivity index (χ1n) is 5.56. The molecule has 0 aliphatic carbocycles. The molecule has 0 bridgehead atoms. The zero-order chi connectivity index (χ0) is 11.9. The number of rotatable bonds is 2. The molecular formula is C13H17BrN2. The van der Waals surface area contributed by atoms with Gasteiger partial charge in [-0.05, 0) is 45.0 Å². The Bertz CT molecular complexity index is 512. The van der Waals surface area contributed by atoms with Crippen LogP contribution in [0.5, 0.6) is 0 Å². The van der Waals surface area contributed by atoms with Crippen LogP contribution in [-0.4, -0.2) is 4.57 Å². The minimum Gasteiger partial charge on any atom is -0.341 e. The fourth-order valence-corrected chi connectivity index (χ4v) is 2.53. The van der Waals surface area contributed by atoms with Gasteiger partial charge in [0.2, 0.25) is 0 Å². The van der Waals surface area contributed by atoms with Crippen molar-refractivity contribution >= 4 is 26.8 Å². The van der Waals surface area contributed by atoms with E-state index in [2.05, 4.69) is 58.6 Å². The lowest BCUT2D eigenvalue weighted by molar-refractivity contribution is 0.571. The van der Waals surface area contributed by atoms with Crippen molar-refractivity contribution in [3.05, 3.63) is 34.4 Å². The van der Waals surface area contributed by atoms with Crippen LogP contribution in [0.4, 0.5) is 0 Å². The smallest absolute Gasteiger partial charge is 0.0486 e. The minimum atomic E-state index is 0.0635. The summed E-state index contributed by atoms with van der Waals surface area (Å²) in [4.78, 5) is 0. The topological polar surface area (TPSA) is 30.9 Å². The maximum absolute atomic E-state index is 6.02. The molecule has 0 aliphatic heterocycles. The van der Waals surface area contributed by atoms with Crippen molar-refractivity contribution in [2.45, 2.75) is 32.9 Å². The molecule has 0 saturated carbocycles. The van der Waals surface area contributed by atoms with Crippen molar-refractivity contribution in [1.82, 2.24) is 4.57 Å². The molecule has 1 atom stereocenters.